The fourth-order valence-corrected chi connectivity index (χ4v) is 3.12. The second-order valence-electron chi connectivity index (χ2n) is 5.84. The van der Waals surface area contributed by atoms with Gasteiger partial charge < -0.3 is 19.7 Å². The highest BCUT2D eigenvalue weighted by Gasteiger charge is 2.22. The van der Waals surface area contributed by atoms with Gasteiger partial charge in [0.15, 0.2) is 0 Å². The van der Waals surface area contributed by atoms with Crippen LogP contribution in [0.25, 0.3) is 0 Å². The molecule has 1 N–H and O–H groups in total. The molecule has 1 aliphatic heterocycles. The van der Waals surface area contributed by atoms with Crippen LogP contribution in [0, 0.1) is 0 Å². The van der Waals surface area contributed by atoms with Crippen LogP contribution in [0.4, 0.5) is 11.4 Å². The van der Waals surface area contributed by atoms with E-state index in [-0.39, 0.29) is 11.8 Å². The van der Waals surface area contributed by atoms with Crippen molar-refractivity contribution in [1.82, 2.24) is 0 Å². The van der Waals surface area contributed by atoms with E-state index >= 15 is 0 Å². The maximum atomic E-state index is 12.7. The minimum atomic E-state index is -0.318. The SMILES string of the molecule is COc1cc(NC(=O)c2cccc(N3CCCC3=O)c2)c(OC)cc1Cl. The van der Waals surface area contributed by atoms with Crippen molar-refractivity contribution in [3.8, 4) is 11.5 Å². The predicted octanol–water partition coefficient (Wildman–Crippen LogP) is 3.74. The summed E-state index contributed by atoms with van der Waals surface area (Å²) in [6.45, 7) is 0.673. The Morgan fingerprint density at radius 2 is 1.92 bits per heavy atom. The molecule has 0 radical (unpaired) electrons. The average Bonchev–Trinajstić information content (AvgIpc) is 3.08. The zero-order valence-corrected chi connectivity index (χ0v) is 15.3. The number of halogens is 1. The quantitative estimate of drug-likeness (QED) is 0.865. The number of carbonyl (C=O) groups is 2. The zero-order chi connectivity index (χ0) is 18.7. The van der Waals surface area contributed by atoms with Crippen LogP contribution in [-0.4, -0.2) is 32.6 Å². The van der Waals surface area contributed by atoms with Gasteiger partial charge >= 0.3 is 0 Å². The molecule has 2 aromatic carbocycles. The Balaban J connectivity index is 1.86. The maximum absolute atomic E-state index is 12.7. The van der Waals surface area contributed by atoms with Crippen molar-refractivity contribution in [2.45, 2.75) is 12.8 Å². The maximum Gasteiger partial charge on any atom is 0.255 e. The monoisotopic (exact) mass is 374 g/mol. The number of nitrogens with one attached hydrogen (secondary N) is 1. The van der Waals surface area contributed by atoms with Crippen molar-refractivity contribution in [3.05, 3.63) is 47.0 Å². The Morgan fingerprint density at radius 3 is 2.58 bits per heavy atom. The van der Waals surface area contributed by atoms with Gasteiger partial charge in [0.25, 0.3) is 5.91 Å². The number of nitrogens with zero attached hydrogens (tertiary/aromatic N) is 1. The molecule has 2 aromatic rings. The predicted molar refractivity (Wildman–Crippen MR) is 101 cm³/mol. The van der Waals surface area contributed by atoms with Crippen LogP contribution in [0.3, 0.4) is 0 Å². The Hall–Kier alpha value is -2.73. The Kier molecular flexibility index (Phi) is 5.32. The number of hydrogen-bond donors (Lipinski definition) is 1. The van der Waals surface area contributed by atoms with Crippen LogP contribution in [0.2, 0.25) is 5.02 Å². The van der Waals surface area contributed by atoms with Crippen LogP contribution in [-0.2, 0) is 4.79 Å². The van der Waals surface area contributed by atoms with E-state index in [1.807, 2.05) is 6.07 Å². The van der Waals surface area contributed by atoms with Gasteiger partial charge in [-0.1, -0.05) is 17.7 Å². The van der Waals surface area contributed by atoms with Gasteiger partial charge in [0.05, 0.1) is 24.9 Å². The number of ether oxygens (including phenoxy) is 2. The average molecular weight is 375 g/mol. The van der Waals surface area contributed by atoms with E-state index in [2.05, 4.69) is 5.32 Å². The largest absolute Gasteiger partial charge is 0.495 e. The molecule has 0 bridgehead atoms. The van der Waals surface area contributed by atoms with Gasteiger partial charge in [0, 0.05) is 36.3 Å². The highest BCUT2D eigenvalue weighted by Crippen LogP contribution is 2.36. The standard InChI is InChI=1S/C19H19ClN2O4/c1-25-16-11-15(17(26-2)10-14(16)20)21-19(24)12-5-3-6-13(9-12)22-8-4-7-18(22)23/h3,5-6,9-11H,4,7-8H2,1-2H3,(H,21,24). The third-order valence-corrected chi connectivity index (χ3v) is 4.51. The number of hydrogen-bond acceptors (Lipinski definition) is 4. The lowest BCUT2D eigenvalue weighted by Gasteiger charge is -2.17. The summed E-state index contributed by atoms with van der Waals surface area (Å²) >= 11 is 6.09. The van der Waals surface area contributed by atoms with Crippen LogP contribution in [0.1, 0.15) is 23.2 Å². The molecule has 0 unspecified atom stereocenters. The first-order valence-electron chi connectivity index (χ1n) is 8.17. The van der Waals surface area contributed by atoms with Gasteiger partial charge in [-0.2, -0.15) is 0 Å². The molecule has 2 amide bonds. The highest BCUT2D eigenvalue weighted by molar-refractivity contribution is 6.32. The molecule has 3 rings (SSSR count). The van der Waals surface area contributed by atoms with E-state index in [0.29, 0.717) is 40.7 Å². The summed E-state index contributed by atoms with van der Waals surface area (Å²) in [6.07, 6.45) is 1.37. The fraction of sp³-hybridized carbons (Fsp3) is 0.263. The molecule has 26 heavy (non-hydrogen) atoms. The van der Waals surface area contributed by atoms with Gasteiger partial charge in [-0.05, 0) is 24.6 Å². The Bertz CT molecular complexity index is 853. The van der Waals surface area contributed by atoms with Crippen LogP contribution in [0.5, 0.6) is 11.5 Å². The van der Waals surface area contributed by atoms with E-state index in [4.69, 9.17) is 21.1 Å². The smallest absolute Gasteiger partial charge is 0.255 e. The van der Waals surface area contributed by atoms with Crippen molar-refractivity contribution in [1.29, 1.82) is 0 Å². The molecule has 0 aliphatic carbocycles. The Morgan fingerprint density at radius 1 is 1.15 bits per heavy atom. The molecule has 0 aromatic heterocycles. The molecule has 0 saturated carbocycles. The summed E-state index contributed by atoms with van der Waals surface area (Å²) in [5.74, 6) is 0.613. The molecule has 6 nitrogen and oxygen atoms in total. The summed E-state index contributed by atoms with van der Waals surface area (Å²) < 4.78 is 10.5. The third kappa shape index (κ3) is 3.60. The normalized spacial score (nSPS) is 13.7. The Labute approximate surface area is 156 Å². The molecule has 0 spiro atoms. The van der Waals surface area contributed by atoms with Crippen LogP contribution < -0.4 is 19.7 Å². The fourth-order valence-electron chi connectivity index (χ4n) is 2.89. The van der Waals surface area contributed by atoms with Gasteiger partial charge in [-0.25, -0.2) is 0 Å². The number of carbonyl (C=O) groups excluding carboxylic acids is 2. The molecule has 7 heteroatoms. The molecule has 0 atom stereocenters. The lowest BCUT2D eigenvalue weighted by molar-refractivity contribution is -0.117. The highest BCUT2D eigenvalue weighted by atomic mass is 35.5. The number of methoxy groups -OCH3 is 2. The van der Waals surface area contributed by atoms with E-state index < -0.39 is 0 Å². The number of amides is 2. The van der Waals surface area contributed by atoms with Crippen LogP contribution in [0.15, 0.2) is 36.4 Å². The molecule has 1 heterocycles. The lowest BCUT2D eigenvalue weighted by atomic mass is 10.1. The first kappa shape index (κ1) is 18.1. The van der Waals surface area contributed by atoms with E-state index in [1.54, 1.807) is 35.2 Å². The lowest BCUT2D eigenvalue weighted by Crippen LogP contribution is -2.24. The minimum Gasteiger partial charge on any atom is -0.495 e. The third-order valence-electron chi connectivity index (χ3n) is 4.22. The molecule has 1 aliphatic rings. The summed E-state index contributed by atoms with van der Waals surface area (Å²) in [6, 6.07) is 10.2. The number of rotatable bonds is 5. The van der Waals surface area contributed by atoms with E-state index in [0.717, 1.165) is 12.1 Å². The first-order valence-corrected chi connectivity index (χ1v) is 8.54. The summed E-state index contributed by atoms with van der Waals surface area (Å²) in [5.41, 5.74) is 1.61. The number of benzene rings is 2. The molecule has 1 saturated heterocycles. The summed E-state index contributed by atoms with van der Waals surface area (Å²) in [5, 5.41) is 3.19. The van der Waals surface area contributed by atoms with Crippen molar-refractivity contribution in [2.24, 2.45) is 0 Å². The van der Waals surface area contributed by atoms with Gasteiger partial charge in [-0.3, -0.25) is 9.59 Å². The summed E-state index contributed by atoms with van der Waals surface area (Å²) in [4.78, 5) is 26.3. The number of anilines is 2. The summed E-state index contributed by atoms with van der Waals surface area (Å²) in [7, 11) is 2.99. The zero-order valence-electron chi connectivity index (χ0n) is 14.5. The first-order chi connectivity index (χ1) is 12.5. The second-order valence-corrected chi connectivity index (χ2v) is 6.25. The van der Waals surface area contributed by atoms with Gasteiger partial charge in [0.1, 0.15) is 11.5 Å². The molecule has 136 valence electrons. The minimum absolute atomic E-state index is 0.0756. The van der Waals surface area contributed by atoms with Crippen molar-refractivity contribution < 1.29 is 19.1 Å². The molecular formula is C19H19ClN2O4. The van der Waals surface area contributed by atoms with Crippen molar-refractivity contribution in [3.63, 3.8) is 0 Å². The molecular weight excluding hydrogens is 356 g/mol. The molecule has 1 fully saturated rings. The second kappa shape index (κ2) is 7.66. The topological polar surface area (TPSA) is 67.9 Å². The van der Waals surface area contributed by atoms with E-state index in [9.17, 15) is 9.59 Å². The van der Waals surface area contributed by atoms with Crippen molar-refractivity contribution in [2.75, 3.05) is 31.0 Å². The van der Waals surface area contributed by atoms with Gasteiger partial charge in [-0.15, -0.1) is 0 Å². The van der Waals surface area contributed by atoms with E-state index in [1.165, 1.54) is 14.2 Å². The van der Waals surface area contributed by atoms with Crippen molar-refractivity contribution >= 4 is 34.8 Å². The van der Waals surface area contributed by atoms with Gasteiger partial charge in [0.2, 0.25) is 5.91 Å². The van der Waals surface area contributed by atoms with Crippen LogP contribution >= 0.6 is 11.6 Å².